The summed E-state index contributed by atoms with van der Waals surface area (Å²) >= 11 is 0. The van der Waals surface area contributed by atoms with Crippen molar-refractivity contribution in [3.63, 3.8) is 0 Å². The highest BCUT2D eigenvalue weighted by atomic mass is 19.4. The number of likely N-dealkylation sites (tertiary alicyclic amines) is 1. The highest BCUT2D eigenvalue weighted by Gasteiger charge is 2.47. The second kappa shape index (κ2) is 14.8. The highest BCUT2D eigenvalue weighted by molar-refractivity contribution is 5.98. The molecule has 10 nitrogen and oxygen atoms in total. The Labute approximate surface area is 282 Å². The minimum atomic E-state index is -5.05. The smallest absolute Gasteiger partial charge is 0.471 e. The molecular formula is C36H40F3N3O7. The number of alkyl halides is 3. The summed E-state index contributed by atoms with van der Waals surface area (Å²) in [5, 5.41) is 12.2. The van der Waals surface area contributed by atoms with Crippen molar-refractivity contribution in [2.24, 2.45) is 0 Å². The van der Waals surface area contributed by atoms with Gasteiger partial charge in [0.15, 0.2) is 17.8 Å². The van der Waals surface area contributed by atoms with Crippen LogP contribution >= 0.6 is 0 Å². The lowest BCUT2D eigenvalue weighted by Crippen LogP contribution is -2.48. The molecule has 4 atom stereocenters. The number of nitrogens with zero attached hydrogens (tertiary/aromatic N) is 2. The zero-order chi connectivity index (χ0) is 34.7. The summed E-state index contributed by atoms with van der Waals surface area (Å²) in [5.74, 6) is -1.31. The molecule has 6 rings (SSSR count). The molecule has 0 unspecified atom stereocenters. The van der Waals surface area contributed by atoms with Gasteiger partial charge < -0.3 is 34.3 Å². The molecule has 49 heavy (non-hydrogen) atoms. The number of ether oxygens (including phenoxy) is 4. The third-order valence-corrected chi connectivity index (χ3v) is 9.36. The van der Waals surface area contributed by atoms with Crippen LogP contribution in [0, 0.1) is 0 Å². The van der Waals surface area contributed by atoms with Crippen molar-refractivity contribution in [1.82, 2.24) is 9.80 Å². The second-order valence-electron chi connectivity index (χ2n) is 12.6. The van der Waals surface area contributed by atoms with Gasteiger partial charge in [0.2, 0.25) is 5.91 Å². The Morgan fingerprint density at radius 3 is 2.39 bits per heavy atom. The number of hydrogen-bond acceptors (Lipinski definition) is 8. The Kier molecular flexibility index (Phi) is 10.4. The van der Waals surface area contributed by atoms with Crippen LogP contribution in [0.2, 0.25) is 0 Å². The Morgan fingerprint density at radius 2 is 1.69 bits per heavy atom. The molecule has 3 aromatic rings. The van der Waals surface area contributed by atoms with Crippen molar-refractivity contribution >= 4 is 17.5 Å². The van der Waals surface area contributed by atoms with Gasteiger partial charge in [-0.1, -0.05) is 36.4 Å². The lowest BCUT2D eigenvalue weighted by molar-refractivity contribution is -0.253. The van der Waals surface area contributed by atoms with E-state index in [0.717, 1.165) is 29.7 Å². The summed E-state index contributed by atoms with van der Waals surface area (Å²) < 4.78 is 63.5. The second-order valence-corrected chi connectivity index (χ2v) is 12.6. The Morgan fingerprint density at radius 1 is 0.959 bits per heavy atom. The maximum absolute atomic E-state index is 13.1. The van der Waals surface area contributed by atoms with Gasteiger partial charge in [-0.2, -0.15) is 13.2 Å². The van der Waals surface area contributed by atoms with Gasteiger partial charge in [-0.15, -0.1) is 0 Å². The van der Waals surface area contributed by atoms with E-state index in [1.54, 1.807) is 38.5 Å². The first-order valence-corrected chi connectivity index (χ1v) is 16.3. The molecule has 0 bridgehead atoms. The van der Waals surface area contributed by atoms with Gasteiger partial charge in [-0.05, 0) is 65.8 Å². The largest absolute Gasteiger partial charge is 0.493 e. The van der Waals surface area contributed by atoms with E-state index in [9.17, 15) is 27.9 Å². The maximum Gasteiger partial charge on any atom is 0.471 e. The van der Waals surface area contributed by atoms with Crippen LogP contribution in [0.1, 0.15) is 59.5 Å². The zero-order valence-electron chi connectivity index (χ0n) is 27.4. The summed E-state index contributed by atoms with van der Waals surface area (Å²) in [4.78, 5) is 28.0. The predicted octanol–water partition coefficient (Wildman–Crippen LogP) is 5.29. The number of carbonyl (C=O) groups excluding carboxylic acids is 2. The van der Waals surface area contributed by atoms with Gasteiger partial charge >= 0.3 is 12.1 Å². The lowest BCUT2D eigenvalue weighted by atomic mass is 9.97. The van der Waals surface area contributed by atoms with E-state index in [1.807, 2.05) is 36.4 Å². The average Bonchev–Trinajstić information content (AvgIpc) is 3.60. The van der Waals surface area contributed by atoms with Gasteiger partial charge in [-0.25, -0.2) is 0 Å². The van der Waals surface area contributed by atoms with Crippen LogP contribution in [-0.2, 0) is 38.6 Å². The van der Waals surface area contributed by atoms with Gasteiger partial charge in [0.1, 0.15) is 6.04 Å². The fraction of sp³-hybridized carbons (Fsp3) is 0.444. The van der Waals surface area contributed by atoms with Crippen molar-refractivity contribution in [2.75, 3.05) is 39.2 Å². The van der Waals surface area contributed by atoms with Gasteiger partial charge in [0.05, 0.1) is 33.0 Å². The standard InChI is InChI=1S/C36H40F3N3O7/c1-46-31-16-24-12-14-41(19-26(24)17-32(31)47-2)20-28-18-30(23-10-8-22(21-43)9-11-23)49-34(48-28)25-5-3-6-27(15-25)40-33(44)29-7-4-13-42(29)35(45)36(37,38)39/h3,5-6,8-11,15-17,28-30,34,43H,4,7,12-14,18-21H2,1-2H3,(H,40,44)/t28-,29-,30+,34+/m0/s1. The van der Waals surface area contributed by atoms with E-state index in [4.69, 9.17) is 18.9 Å². The summed E-state index contributed by atoms with van der Waals surface area (Å²) in [6.45, 7) is 1.94. The normalized spacial score (nSPS) is 22.8. The number of aliphatic hydroxyl groups is 1. The molecule has 13 heteroatoms. The van der Waals surface area contributed by atoms with E-state index in [1.165, 1.54) is 5.56 Å². The maximum atomic E-state index is 13.1. The molecule has 2 amide bonds. The highest BCUT2D eigenvalue weighted by Crippen LogP contribution is 2.40. The quantitative estimate of drug-likeness (QED) is 0.313. The number of rotatable bonds is 9. The number of methoxy groups -OCH3 is 2. The molecule has 2 N–H and O–H groups in total. The molecular weight excluding hydrogens is 643 g/mol. The van der Waals surface area contributed by atoms with Crippen LogP contribution in [0.25, 0.3) is 0 Å². The monoisotopic (exact) mass is 683 g/mol. The molecule has 3 aliphatic rings. The van der Waals surface area contributed by atoms with Gasteiger partial charge in [0.25, 0.3) is 0 Å². The Bertz CT molecular complexity index is 1650. The SMILES string of the molecule is COc1cc2c(cc1OC)CN(C[C@@H]1C[C@H](c3ccc(CO)cc3)O[C@H](c3cccc(NC(=O)[C@@H]4CCCN4C(=O)C(F)(F)F)c3)O1)CC2. The molecule has 0 radical (unpaired) electrons. The molecule has 3 aromatic carbocycles. The molecule has 2 saturated heterocycles. The molecule has 0 saturated carbocycles. The zero-order valence-corrected chi connectivity index (χ0v) is 27.4. The minimum absolute atomic E-state index is 0.0746. The van der Waals surface area contributed by atoms with Crippen molar-refractivity contribution < 1.29 is 46.8 Å². The summed E-state index contributed by atoms with van der Waals surface area (Å²) in [6, 6.07) is 17.2. The van der Waals surface area contributed by atoms with Crippen molar-refractivity contribution in [3.05, 3.63) is 88.5 Å². The topological polar surface area (TPSA) is 110 Å². The van der Waals surface area contributed by atoms with E-state index in [0.29, 0.717) is 53.6 Å². The van der Waals surface area contributed by atoms with Gasteiger partial charge in [0, 0.05) is 43.9 Å². The fourth-order valence-corrected chi connectivity index (χ4v) is 6.85. The number of carbonyl (C=O) groups is 2. The average molecular weight is 684 g/mol. The summed E-state index contributed by atoms with van der Waals surface area (Å²) in [6.07, 6.45) is -4.58. The number of fused-ring (bicyclic) bond motifs is 1. The predicted molar refractivity (Wildman–Crippen MR) is 173 cm³/mol. The van der Waals surface area contributed by atoms with Crippen LogP contribution in [0.5, 0.6) is 11.5 Å². The molecule has 0 aromatic heterocycles. The minimum Gasteiger partial charge on any atom is -0.493 e. The summed E-state index contributed by atoms with van der Waals surface area (Å²) in [5.41, 5.74) is 5.05. The number of amides is 2. The molecule has 0 aliphatic carbocycles. The van der Waals surface area contributed by atoms with E-state index < -0.39 is 30.3 Å². The van der Waals surface area contributed by atoms with Crippen LogP contribution in [0.15, 0.2) is 60.7 Å². The molecule has 262 valence electrons. The van der Waals surface area contributed by atoms with E-state index >= 15 is 0 Å². The summed E-state index contributed by atoms with van der Waals surface area (Å²) in [7, 11) is 3.24. The first-order chi connectivity index (χ1) is 23.6. The number of benzene rings is 3. The molecule has 2 fully saturated rings. The van der Waals surface area contributed by atoms with Crippen LogP contribution in [0.3, 0.4) is 0 Å². The Balaban J connectivity index is 1.20. The lowest BCUT2D eigenvalue weighted by Gasteiger charge is -2.39. The van der Waals surface area contributed by atoms with Crippen LogP contribution in [0.4, 0.5) is 18.9 Å². The Hall–Kier alpha value is -4.17. The molecule has 3 aliphatic heterocycles. The van der Waals surface area contributed by atoms with Crippen LogP contribution < -0.4 is 14.8 Å². The number of hydrogen-bond donors (Lipinski definition) is 2. The number of halogens is 3. The third-order valence-electron chi connectivity index (χ3n) is 9.36. The fourth-order valence-electron chi connectivity index (χ4n) is 6.85. The number of nitrogens with one attached hydrogen (secondary N) is 1. The van der Waals surface area contributed by atoms with Crippen molar-refractivity contribution in [3.8, 4) is 11.5 Å². The van der Waals surface area contributed by atoms with Crippen LogP contribution in [-0.4, -0.2) is 78.9 Å². The van der Waals surface area contributed by atoms with Crippen molar-refractivity contribution in [2.45, 2.75) is 69.6 Å². The number of anilines is 1. The first kappa shape index (κ1) is 34.7. The van der Waals surface area contributed by atoms with E-state index in [-0.39, 0.29) is 31.8 Å². The molecule has 0 spiro atoms. The molecule has 3 heterocycles. The van der Waals surface area contributed by atoms with Crippen molar-refractivity contribution in [1.29, 1.82) is 0 Å². The third kappa shape index (κ3) is 7.85. The number of aliphatic hydroxyl groups excluding tert-OH is 1. The first-order valence-electron chi connectivity index (χ1n) is 16.3. The van der Waals surface area contributed by atoms with Gasteiger partial charge in [-0.3, -0.25) is 14.5 Å². The van der Waals surface area contributed by atoms with E-state index in [2.05, 4.69) is 10.2 Å².